The average Bonchev–Trinajstić information content (AvgIpc) is 2.80. The first-order valence-corrected chi connectivity index (χ1v) is 11.7. The fourth-order valence-corrected chi connectivity index (χ4v) is 4.56. The van der Waals surface area contributed by atoms with Gasteiger partial charge in [-0.2, -0.15) is 0 Å². The van der Waals surface area contributed by atoms with Gasteiger partial charge in [-0.1, -0.05) is 53.5 Å². The molecule has 0 radical (unpaired) electrons. The van der Waals surface area contributed by atoms with Crippen LogP contribution < -0.4 is 5.32 Å². The zero-order valence-electron chi connectivity index (χ0n) is 18.4. The minimum absolute atomic E-state index is 0.0615. The van der Waals surface area contributed by atoms with E-state index in [-0.39, 0.29) is 18.1 Å². The summed E-state index contributed by atoms with van der Waals surface area (Å²) in [6.07, 6.45) is 2.50. The van der Waals surface area contributed by atoms with Crippen LogP contribution in [0.4, 0.5) is 0 Å². The van der Waals surface area contributed by atoms with Gasteiger partial charge in [0.05, 0.1) is 19.6 Å². The lowest BCUT2D eigenvalue weighted by Crippen LogP contribution is -2.38. The number of ketones is 1. The van der Waals surface area contributed by atoms with Gasteiger partial charge in [0, 0.05) is 43.2 Å². The number of nitrogens with zero attached hydrogens (tertiary/aromatic N) is 1. The summed E-state index contributed by atoms with van der Waals surface area (Å²) in [5.74, 6) is 0.647. The van der Waals surface area contributed by atoms with E-state index in [0.29, 0.717) is 47.6 Å². The van der Waals surface area contributed by atoms with Crippen molar-refractivity contribution in [2.24, 2.45) is 0 Å². The smallest absolute Gasteiger partial charge is 0.227 e. The van der Waals surface area contributed by atoms with Crippen molar-refractivity contribution in [1.82, 2.24) is 10.2 Å². The van der Waals surface area contributed by atoms with Crippen LogP contribution in [-0.2, 0) is 27.2 Å². The third kappa shape index (κ3) is 7.04. The van der Waals surface area contributed by atoms with Crippen LogP contribution in [0.5, 0.6) is 0 Å². The number of rotatable bonds is 10. The zero-order chi connectivity index (χ0) is 22.9. The number of carbonyl (C=O) groups is 2. The predicted molar refractivity (Wildman–Crippen MR) is 129 cm³/mol. The Morgan fingerprint density at radius 3 is 2.31 bits per heavy atom. The third-order valence-corrected chi connectivity index (χ3v) is 6.60. The summed E-state index contributed by atoms with van der Waals surface area (Å²) in [6, 6.07) is 13.6. The van der Waals surface area contributed by atoms with Gasteiger partial charge >= 0.3 is 0 Å². The van der Waals surface area contributed by atoms with Crippen LogP contribution in [0, 0.1) is 0 Å². The minimum atomic E-state index is 0.0615. The molecule has 0 atom stereocenters. The van der Waals surface area contributed by atoms with Crippen molar-refractivity contribution < 1.29 is 14.3 Å². The second kappa shape index (κ2) is 12.4. The molecule has 5 nitrogen and oxygen atoms in total. The molecule has 1 aliphatic rings. The maximum atomic E-state index is 12.7. The molecule has 0 spiro atoms. The number of carbonyl (C=O) groups excluding carboxylic acids is 2. The first kappa shape index (κ1) is 24.7. The highest BCUT2D eigenvalue weighted by Crippen LogP contribution is 2.30. The molecule has 1 saturated heterocycles. The predicted octanol–water partition coefficient (Wildman–Crippen LogP) is 4.29. The van der Waals surface area contributed by atoms with Crippen LogP contribution in [0.3, 0.4) is 0 Å². The van der Waals surface area contributed by atoms with E-state index in [2.05, 4.69) is 17.4 Å². The molecule has 32 heavy (non-hydrogen) atoms. The molecule has 0 saturated carbocycles. The lowest BCUT2D eigenvalue weighted by molar-refractivity contribution is -0.131. The van der Waals surface area contributed by atoms with Crippen molar-refractivity contribution in [3.8, 4) is 0 Å². The summed E-state index contributed by atoms with van der Waals surface area (Å²) in [5, 5.41) is 4.15. The molecule has 1 heterocycles. The number of Topliss-reactive ketones (excluding diaryl/α,β-unsaturated/α-hetero) is 1. The molecule has 0 aromatic heterocycles. The topological polar surface area (TPSA) is 58.6 Å². The minimum Gasteiger partial charge on any atom is -0.383 e. The van der Waals surface area contributed by atoms with Crippen LogP contribution in [-0.4, -0.2) is 56.5 Å². The molecule has 1 aliphatic heterocycles. The van der Waals surface area contributed by atoms with Crippen molar-refractivity contribution in [3.63, 3.8) is 0 Å². The first-order chi connectivity index (χ1) is 15.5. The van der Waals surface area contributed by atoms with Crippen molar-refractivity contribution in [1.29, 1.82) is 0 Å². The van der Waals surface area contributed by atoms with E-state index >= 15 is 0 Å². The summed E-state index contributed by atoms with van der Waals surface area (Å²) in [5.41, 5.74) is 2.99. The number of likely N-dealkylation sites (tertiary alicyclic amines) is 1. The fourth-order valence-electron chi connectivity index (χ4n) is 4.03. The molecule has 7 heteroatoms. The van der Waals surface area contributed by atoms with Crippen LogP contribution in [0.2, 0.25) is 10.0 Å². The van der Waals surface area contributed by atoms with Crippen LogP contribution in [0.1, 0.15) is 35.4 Å². The molecule has 3 rings (SSSR count). The van der Waals surface area contributed by atoms with Gasteiger partial charge in [0.15, 0.2) is 5.78 Å². The maximum Gasteiger partial charge on any atom is 0.227 e. The second-order valence-corrected chi connectivity index (χ2v) is 8.97. The van der Waals surface area contributed by atoms with E-state index in [1.807, 2.05) is 17.0 Å². The van der Waals surface area contributed by atoms with E-state index in [1.165, 1.54) is 5.56 Å². The van der Waals surface area contributed by atoms with E-state index in [9.17, 15) is 9.59 Å². The number of hydrogen-bond acceptors (Lipinski definition) is 4. The average molecular weight is 477 g/mol. The Bertz CT molecular complexity index is 890. The number of methoxy groups -OCH3 is 1. The Balaban J connectivity index is 1.46. The van der Waals surface area contributed by atoms with E-state index in [0.717, 1.165) is 31.5 Å². The molecule has 2 aromatic carbocycles. The molecule has 1 N–H and O–H groups in total. The number of nitrogens with one attached hydrogen (secondary N) is 1. The van der Waals surface area contributed by atoms with Gasteiger partial charge in [-0.3, -0.25) is 9.59 Å². The molecule has 1 amide bonds. The third-order valence-electron chi connectivity index (χ3n) is 5.89. The maximum absolute atomic E-state index is 12.7. The van der Waals surface area contributed by atoms with Crippen LogP contribution in [0.15, 0.2) is 42.5 Å². The van der Waals surface area contributed by atoms with E-state index in [1.54, 1.807) is 25.3 Å². The highest BCUT2D eigenvalue weighted by atomic mass is 35.5. The zero-order valence-corrected chi connectivity index (χ0v) is 19.9. The number of ether oxygens (including phenoxy) is 1. The number of hydrogen-bond donors (Lipinski definition) is 1. The van der Waals surface area contributed by atoms with Crippen molar-refractivity contribution in [2.45, 2.75) is 31.6 Å². The lowest BCUT2D eigenvalue weighted by Gasteiger charge is -2.32. The van der Waals surface area contributed by atoms with E-state index < -0.39 is 0 Å². The van der Waals surface area contributed by atoms with Gasteiger partial charge in [0.2, 0.25) is 5.91 Å². The van der Waals surface area contributed by atoms with Crippen LogP contribution >= 0.6 is 23.2 Å². The van der Waals surface area contributed by atoms with Crippen molar-refractivity contribution in [2.75, 3.05) is 39.9 Å². The Labute approximate surface area is 200 Å². The van der Waals surface area contributed by atoms with Gasteiger partial charge in [0.25, 0.3) is 0 Å². The SMILES string of the molecule is COCCNCC(=O)Cc1ccc(C2CCN(C(=O)Cc3c(Cl)cccc3Cl)CC2)cc1. The molecular formula is C25H30Cl2N2O3. The molecule has 0 bridgehead atoms. The number of halogens is 2. The highest BCUT2D eigenvalue weighted by Gasteiger charge is 2.24. The first-order valence-electron chi connectivity index (χ1n) is 11.0. The Morgan fingerprint density at radius 1 is 1.03 bits per heavy atom. The highest BCUT2D eigenvalue weighted by molar-refractivity contribution is 6.36. The molecule has 1 fully saturated rings. The van der Waals surface area contributed by atoms with Gasteiger partial charge in [0.1, 0.15) is 0 Å². The molecule has 0 unspecified atom stereocenters. The standard InChI is InChI=1S/C25H30Cl2N2O3/c1-32-14-11-28-17-21(30)15-18-5-7-19(8-6-18)20-9-12-29(13-10-20)25(31)16-22-23(26)3-2-4-24(22)27/h2-8,20,28H,9-17H2,1H3. The quantitative estimate of drug-likeness (QED) is 0.519. The van der Waals surface area contributed by atoms with Crippen molar-refractivity contribution in [3.05, 3.63) is 69.2 Å². The Kier molecular flexibility index (Phi) is 9.54. The van der Waals surface area contributed by atoms with Gasteiger partial charge in [-0.25, -0.2) is 0 Å². The summed E-state index contributed by atoms with van der Waals surface area (Å²) in [7, 11) is 1.64. The summed E-state index contributed by atoms with van der Waals surface area (Å²) in [6.45, 7) is 3.07. The monoisotopic (exact) mass is 476 g/mol. The fraction of sp³-hybridized carbons (Fsp3) is 0.440. The normalized spacial score (nSPS) is 14.5. The second-order valence-electron chi connectivity index (χ2n) is 8.16. The largest absolute Gasteiger partial charge is 0.383 e. The number of benzene rings is 2. The number of piperidine rings is 1. The lowest BCUT2D eigenvalue weighted by atomic mass is 9.88. The molecule has 172 valence electrons. The van der Waals surface area contributed by atoms with Crippen LogP contribution in [0.25, 0.3) is 0 Å². The van der Waals surface area contributed by atoms with Gasteiger partial charge in [-0.05, 0) is 47.6 Å². The van der Waals surface area contributed by atoms with Crippen molar-refractivity contribution >= 4 is 34.9 Å². The molecule has 2 aromatic rings. The molecular weight excluding hydrogens is 447 g/mol. The summed E-state index contributed by atoms with van der Waals surface area (Å²) in [4.78, 5) is 26.7. The summed E-state index contributed by atoms with van der Waals surface area (Å²) >= 11 is 12.4. The van der Waals surface area contributed by atoms with Gasteiger partial charge in [-0.15, -0.1) is 0 Å². The Morgan fingerprint density at radius 2 is 1.69 bits per heavy atom. The number of amides is 1. The van der Waals surface area contributed by atoms with Gasteiger partial charge < -0.3 is 15.0 Å². The Hall–Kier alpha value is -1.92. The molecule has 0 aliphatic carbocycles. The summed E-state index contributed by atoms with van der Waals surface area (Å²) < 4.78 is 4.96. The van der Waals surface area contributed by atoms with E-state index in [4.69, 9.17) is 27.9 Å².